The average molecular weight is 462 g/mol. The van der Waals surface area contributed by atoms with Crippen molar-refractivity contribution in [2.75, 3.05) is 13.1 Å². The maximum atomic E-state index is 16.0. The zero-order chi connectivity index (χ0) is 25.5. The first-order valence-electron chi connectivity index (χ1n) is 10.2. The van der Waals surface area contributed by atoms with Crippen LogP contribution in [0.2, 0.25) is 10.2 Å². The molecule has 1 saturated heterocycles. The lowest BCUT2D eigenvalue weighted by atomic mass is 9.27. The molecule has 1 fully saturated rings. The zero-order valence-corrected chi connectivity index (χ0v) is 19.0. The zero-order valence-electron chi connectivity index (χ0n) is 18.3. The summed E-state index contributed by atoms with van der Waals surface area (Å²) in [7, 11) is 41.3. The smallest absolute Gasteiger partial charge is 0.252 e. The minimum Gasteiger partial charge on any atom is -0.351 e. The third-order valence-corrected chi connectivity index (χ3v) is 6.32. The third kappa shape index (κ3) is 5.01. The molecule has 14 heteroatoms. The maximum absolute atomic E-state index is 16.0. The van der Waals surface area contributed by atoms with Crippen LogP contribution in [0.5, 0.6) is 0 Å². The monoisotopic (exact) mass is 463 g/mol. The number of alkyl halides is 1. The van der Waals surface area contributed by atoms with Crippen LogP contribution in [0.1, 0.15) is 28.0 Å². The molecule has 4 nitrogen and oxygen atoms in total. The fraction of sp³-hybridized carbons (Fsp3) is 0.400. The Morgan fingerprint density at radius 1 is 1.18 bits per heavy atom. The number of aromatic nitrogens is 1. The van der Waals surface area contributed by atoms with E-state index in [2.05, 4.69) is 10.3 Å². The molecule has 1 aliphatic rings. The maximum Gasteiger partial charge on any atom is 0.252 e. The highest BCUT2D eigenvalue weighted by atomic mass is 35.5. The van der Waals surface area contributed by atoms with Crippen molar-refractivity contribution in [3.63, 3.8) is 0 Å². The van der Waals surface area contributed by atoms with E-state index in [-0.39, 0.29) is 36.6 Å². The van der Waals surface area contributed by atoms with Crippen molar-refractivity contribution in [1.29, 1.82) is 0 Å². The highest BCUT2D eigenvalue weighted by Gasteiger charge is 2.58. The van der Waals surface area contributed by atoms with Crippen molar-refractivity contribution in [2.45, 2.75) is 34.3 Å². The molecule has 1 aromatic heterocycles. The Hall–Kier alpha value is -1.60. The highest BCUT2D eigenvalue weighted by molar-refractivity contribution is 6.59. The summed E-state index contributed by atoms with van der Waals surface area (Å²) in [6.45, 7) is -0.389. The second-order valence-corrected chi connectivity index (χ2v) is 8.98. The van der Waals surface area contributed by atoms with E-state index in [1.54, 1.807) is 12.1 Å². The number of carbonyl (C=O) groups excluding carboxylic acids is 1. The molecule has 0 aliphatic carbocycles. The number of rotatable bonds is 6. The SMILES string of the molecule is [B]C([B])([B])c1ccc(CNCC2(F)CCN(C(=O)c3ccc(F)c(Cl)c3)C([B])([B])C2([B])[B])nc1. The summed E-state index contributed by atoms with van der Waals surface area (Å²) in [5.41, 5.74) is -1.34. The molecule has 1 aromatic carbocycles. The molecule has 1 N–H and O–H groups in total. The van der Waals surface area contributed by atoms with E-state index >= 15 is 4.39 Å². The van der Waals surface area contributed by atoms with Gasteiger partial charge in [-0.15, -0.1) is 5.11 Å². The fourth-order valence-electron chi connectivity index (χ4n) is 3.73. The molecule has 34 heavy (non-hydrogen) atoms. The van der Waals surface area contributed by atoms with Gasteiger partial charge in [0.05, 0.1) is 65.6 Å². The number of hydrogen-bond acceptors (Lipinski definition) is 3. The summed E-state index contributed by atoms with van der Waals surface area (Å²) in [6.07, 6.45) is 1.14. The summed E-state index contributed by atoms with van der Waals surface area (Å²) in [6, 6.07) is 6.56. The standard InChI is InChI=1S/C20H15B7ClF2N3O/c21-18(22,23)12-2-3-13(32-8-12)9-31-10-17(30)5-6-33(20(26,27)19(17,24)25)16(34)11-1-4-15(29)14(28)7-11/h1-4,7-8,31H,5-6,9-10H2. The van der Waals surface area contributed by atoms with Crippen LogP contribution in [-0.4, -0.2) is 94.8 Å². The van der Waals surface area contributed by atoms with Gasteiger partial charge in [-0.05, 0) is 41.6 Å². The lowest BCUT2D eigenvalue weighted by Gasteiger charge is -2.62. The number of carbonyl (C=O) groups is 1. The predicted octanol–water partition coefficient (Wildman–Crippen LogP) is 0.278. The number of nitrogens with zero attached hydrogens (tertiary/aromatic N) is 2. The molecular weight excluding hydrogens is 447 g/mol. The van der Waals surface area contributed by atoms with Crippen LogP contribution in [0.15, 0.2) is 36.5 Å². The van der Waals surface area contributed by atoms with Gasteiger partial charge in [-0.1, -0.05) is 22.9 Å². The Morgan fingerprint density at radius 2 is 1.85 bits per heavy atom. The first kappa shape index (κ1) is 27.0. The van der Waals surface area contributed by atoms with Crippen LogP contribution in [0.3, 0.4) is 0 Å². The molecule has 0 bridgehead atoms. The molecular formula is C20H15B7ClF2N3O. The van der Waals surface area contributed by atoms with E-state index in [1.807, 2.05) is 0 Å². The Balaban J connectivity index is 1.72. The molecule has 2 heterocycles. The van der Waals surface area contributed by atoms with Gasteiger partial charge in [-0.2, -0.15) is 0 Å². The van der Waals surface area contributed by atoms with Gasteiger partial charge in [0.1, 0.15) is 11.5 Å². The van der Waals surface area contributed by atoms with Gasteiger partial charge in [0.15, 0.2) is 0 Å². The minimum atomic E-state index is -2.36. The van der Waals surface area contributed by atoms with E-state index in [4.69, 9.17) is 66.5 Å². The molecule has 3 rings (SSSR count). The number of hydrogen-bond donors (Lipinski definition) is 1. The Kier molecular flexibility index (Phi) is 7.51. The molecule has 1 atom stereocenters. The molecule has 1 amide bonds. The van der Waals surface area contributed by atoms with Gasteiger partial charge in [-0.3, -0.25) is 9.78 Å². The average Bonchev–Trinajstić information content (AvgIpc) is 2.74. The number of piperidine rings is 1. The second-order valence-electron chi connectivity index (χ2n) is 8.57. The molecule has 0 spiro atoms. The van der Waals surface area contributed by atoms with Gasteiger partial charge < -0.3 is 10.2 Å². The molecule has 1 unspecified atom stereocenters. The van der Waals surface area contributed by atoms with Crippen molar-refractivity contribution < 1.29 is 13.6 Å². The van der Waals surface area contributed by atoms with E-state index in [1.165, 1.54) is 12.3 Å². The van der Waals surface area contributed by atoms with Gasteiger partial charge in [0, 0.05) is 31.4 Å². The summed E-state index contributed by atoms with van der Waals surface area (Å²) >= 11 is 5.76. The Bertz CT molecular complexity index is 1070. The molecule has 2 aromatic rings. The molecule has 158 valence electrons. The first-order chi connectivity index (χ1) is 15.6. The molecule has 0 saturated carbocycles. The van der Waals surface area contributed by atoms with E-state index < -0.39 is 33.1 Å². The molecule has 14 radical (unpaired) electrons. The number of amides is 1. The number of nitrogens with one attached hydrogen (secondary N) is 1. The van der Waals surface area contributed by atoms with Crippen LogP contribution in [0, 0.1) is 5.82 Å². The minimum absolute atomic E-state index is 0.00191. The van der Waals surface area contributed by atoms with Crippen LogP contribution < -0.4 is 5.32 Å². The quantitative estimate of drug-likeness (QED) is 0.628. The van der Waals surface area contributed by atoms with E-state index in [9.17, 15) is 9.18 Å². The van der Waals surface area contributed by atoms with Crippen molar-refractivity contribution in [2.24, 2.45) is 0 Å². The van der Waals surface area contributed by atoms with Crippen LogP contribution in [0.25, 0.3) is 0 Å². The summed E-state index contributed by atoms with van der Waals surface area (Å²) in [5.74, 6) is -1.43. The number of halogens is 3. The summed E-state index contributed by atoms with van der Waals surface area (Å²) in [4.78, 5) is 18.1. The van der Waals surface area contributed by atoms with Crippen LogP contribution in [-0.2, 0) is 11.7 Å². The largest absolute Gasteiger partial charge is 0.351 e. The Labute approximate surface area is 212 Å². The predicted molar refractivity (Wildman–Crippen MR) is 134 cm³/mol. The first-order valence-corrected chi connectivity index (χ1v) is 10.6. The lowest BCUT2D eigenvalue weighted by molar-refractivity contribution is 0.0141. The van der Waals surface area contributed by atoms with Crippen LogP contribution in [0.4, 0.5) is 8.78 Å². The second kappa shape index (κ2) is 9.46. The summed E-state index contributed by atoms with van der Waals surface area (Å²) < 4.78 is 29.4. The number of benzene rings is 1. The highest BCUT2D eigenvalue weighted by Crippen LogP contribution is 2.51. The van der Waals surface area contributed by atoms with E-state index in [0.717, 1.165) is 17.0 Å². The normalized spacial score (nSPS) is 21.8. The van der Waals surface area contributed by atoms with Gasteiger partial charge >= 0.3 is 0 Å². The van der Waals surface area contributed by atoms with Crippen molar-refractivity contribution >= 4 is 72.4 Å². The third-order valence-electron chi connectivity index (χ3n) is 6.03. The van der Waals surface area contributed by atoms with E-state index in [0.29, 0.717) is 11.3 Å². The topological polar surface area (TPSA) is 45.2 Å². The number of pyridine rings is 1. The lowest BCUT2D eigenvalue weighted by Crippen LogP contribution is -2.72. The fourth-order valence-corrected chi connectivity index (χ4v) is 3.91. The van der Waals surface area contributed by atoms with Crippen LogP contribution >= 0.6 is 11.6 Å². The summed E-state index contributed by atoms with van der Waals surface area (Å²) in [5, 5.41) is -3.56. The van der Waals surface area contributed by atoms with Crippen molar-refractivity contribution in [3.8, 4) is 0 Å². The van der Waals surface area contributed by atoms with Crippen molar-refractivity contribution in [1.82, 2.24) is 15.2 Å². The molecule has 1 aliphatic heterocycles. The van der Waals surface area contributed by atoms with Gasteiger partial charge in [0.25, 0.3) is 5.91 Å². The number of likely N-dealkylation sites (tertiary alicyclic amines) is 1. The Morgan fingerprint density at radius 3 is 2.41 bits per heavy atom. The van der Waals surface area contributed by atoms with Gasteiger partial charge in [-0.25, -0.2) is 8.78 Å². The van der Waals surface area contributed by atoms with Crippen molar-refractivity contribution in [3.05, 3.63) is 64.2 Å². The van der Waals surface area contributed by atoms with Gasteiger partial charge in [0.2, 0.25) is 0 Å².